The third-order valence-corrected chi connectivity index (χ3v) is 7.32. The normalized spacial score (nSPS) is 21.5. The molecular weight excluding hydrogens is 400 g/mol. The summed E-state index contributed by atoms with van der Waals surface area (Å²) in [6.45, 7) is 25.2. The number of alkyl halides is 1. The molecule has 1 heterocycles. The maximum Gasteiger partial charge on any atom is 0.115 e. The Balaban J connectivity index is 2.61. The third kappa shape index (κ3) is 5.27. The molecule has 3 heteroatoms. The van der Waals surface area contributed by atoms with Crippen LogP contribution in [0.15, 0.2) is 45.8 Å². The highest BCUT2D eigenvalue weighted by molar-refractivity contribution is 6.18. The molecule has 1 aliphatic carbocycles. The zero-order valence-electron chi connectivity index (χ0n) is 21.8. The lowest BCUT2D eigenvalue weighted by atomic mass is 9.89. The van der Waals surface area contributed by atoms with Crippen LogP contribution in [-0.4, -0.2) is 34.9 Å². The fourth-order valence-electron chi connectivity index (χ4n) is 5.47. The molecule has 0 spiro atoms. The van der Waals surface area contributed by atoms with Crippen LogP contribution in [0.1, 0.15) is 82.1 Å². The van der Waals surface area contributed by atoms with Gasteiger partial charge in [0.05, 0.1) is 5.88 Å². The van der Waals surface area contributed by atoms with Crippen molar-refractivity contribution in [2.24, 2.45) is 23.7 Å². The standard InChI is InChI=1S/C28H47ClN2/c1-11-22(18(3)4)27(23(12-2)19(5)6)30-15-16-31(26(30)17-29)28-24(20(7)8)13-14-25(28)21(9)10/h11,13,18-21,26H,12,14-17H2,1-10H3/b22-11-,27-23-. The van der Waals surface area contributed by atoms with E-state index in [9.17, 15) is 0 Å². The van der Waals surface area contributed by atoms with E-state index in [2.05, 4.69) is 91.2 Å². The van der Waals surface area contributed by atoms with Crippen LogP contribution in [0.25, 0.3) is 0 Å². The van der Waals surface area contributed by atoms with E-state index in [1.165, 1.54) is 22.5 Å². The van der Waals surface area contributed by atoms with Gasteiger partial charge in [0.1, 0.15) is 6.17 Å². The first-order chi connectivity index (χ1) is 14.6. The Labute approximate surface area is 198 Å². The topological polar surface area (TPSA) is 6.48 Å². The predicted octanol–water partition coefficient (Wildman–Crippen LogP) is 7.99. The van der Waals surface area contributed by atoms with Gasteiger partial charge in [0.2, 0.25) is 0 Å². The Kier molecular flexibility index (Phi) is 9.37. The van der Waals surface area contributed by atoms with E-state index >= 15 is 0 Å². The van der Waals surface area contributed by atoms with Crippen molar-refractivity contribution in [1.82, 2.24) is 9.80 Å². The molecule has 0 aromatic carbocycles. The Morgan fingerprint density at radius 1 is 1.03 bits per heavy atom. The molecule has 0 amide bonds. The van der Waals surface area contributed by atoms with Gasteiger partial charge in [-0.2, -0.15) is 0 Å². The summed E-state index contributed by atoms with van der Waals surface area (Å²) in [6.07, 6.45) is 7.18. The Morgan fingerprint density at radius 3 is 2.10 bits per heavy atom. The quantitative estimate of drug-likeness (QED) is 0.261. The van der Waals surface area contributed by atoms with Crippen LogP contribution in [0.4, 0.5) is 0 Å². The van der Waals surface area contributed by atoms with Crippen LogP contribution >= 0.6 is 11.6 Å². The summed E-state index contributed by atoms with van der Waals surface area (Å²) in [5.41, 5.74) is 9.07. The van der Waals surface area contributed by atoms with Gasteiger partial charge in [-0.1, -0.05) is 74.5 Å². The van der Waals surface area contributed by atoms with Gasteiger partial charge in [-0.05, 0) is 65.7 Å². The van der Waals surface area contributed by atoms with Crippen molar-refractivity contribution in [3.8, 4) is 0 Å². The van der Waals surface area contributed by atoms with Crippen molar-refractivity contribution in [3.05, 3.63) is 45.8 Å². The molecule has 0 aromatic heterocycles. The first-order valence-corrected chi connectivity index (χ1v) is 13.1. The molecule has 0 aromatic rings. The minimum Gasteiger partial charge on any atom is -0.348 e. The van der Waals surface area contributed by atoms with Crippen LogP contribution < -0.4 is 0 Å². The number of hydrogen-bond acceptors (Lipinski definition) is 2. The number of nitrogens with zero attached hydrogens (tertiary/aromatic N) is 2. The SMILES string of the molecule is C/C=C(\C(=C(/CC)C(C)C)N1CCN(C2=C(C(C)C)CC=C2C(C)C)C1CCl)C(C)C. The van der Waals surface area contributed by atoms with Crippen molar-refractivity contribution in [1.29, 1.82) is 0 Å². The lowest BCUT2D eigenvalue weighted by Crippen LogP contribution is -2.41. The highest BCUT2D eigenvalue weighted by Crippen LogP contribution is 2.42. The molecule has 0 radical (unpaired) electrons. The molecule has 1 atom stereocenters. The van der Waals surface area contributed by atoms with Gasteiger partial charge >= 0.3 is 0 Å². The average Bonchev–Trinajstić information content (AvgIpc) is 3.30. The number of hydrogen-bond donors (Lipinski definition) is 0. The Hall–Kier alpha value is -1.15. The molecule has 2 rings (SSSR count). The number of halogens is 1. The molecule has 1 unspecified atom stereocenters. The van der Waals surface area contributed by atoms with Gasteiger partial charge in [0.15, 0.2) is 0 Å². The van der Waals surface area contributed by atoms with Crippen molar-refractivity contribution in [3.63, 3.8) is 0 Å². The summed E-state index contributed by atoms with van der Waals surface area (Å²) in [6, 6.07) is 0. The van der Waals surface area contributed by atoms with E-state index in [1.54, 1.807) is 11.1 Å². The van der Waals surface area contributed by atoms with Gasteiger partial charge in [0, 0.05) is 24.5 Å². The predicted molar refractivity (Wildman–Crippen MR) is 138 cm³/mol. The van der Waals surface area contributed by atoms with E-state index in [0.717, 1.165) is 25.9 Å². The summed E-state index contributed by atoms with van der Waals surface area (Å²) in [7, 11) is 0. The molecule has 1 saturated heterocycles. The van der Waals surface area contributed by atoms with E-state index in [-0.39, 0.29) is 6.17 Å². The zero-order valence-corrected chi connectivity index (χ0v) is 22.6. The van der Waals surface area contributed by atoms with Crippen molar-refractivity contribution >= 4 is 11.6 Å². The van der Waals surface area contributed by atoms with Crippen LogP contribution in [0, 0.1) is 23.7 Å². The lowest BCUT2D eigenvalue weighted by molar-refractivity contribution is 0.220. The maximum atomic E-state index is 6.76. The highest BCUT2D eigenvalue weighted by atomic mass is 35.5. The van der Waals surface area contributed by atoms with Crippen LogP contribution in [0.2, 0.25) is 0 Å². The van der Waals surface area contributed by atoms with Crippen molar-refractivity contribution in [2.45, 2.75) is 88.2 Å². The first-order valence-electron chi connectivity index (χ1n) is 12.5. The molecule has 2 nitrogen and oxygen atoms in total. The molecule has 0 bridgehead atoms. The van der Waals surface area contributed by atoms with Gasteiger partial charge in [-0.25, -0.2) is 0 Å². The number of rotatable bonds is 9. The maximum absolute atomic E-state index is 6.76. The average molecular weight is 447 g/mol. The molecule has 176 valence electrons. The first kappa shape index (κ1) is 26.1. The summed E-state index contributed by atoms with van der Waals surface area (Å²) in [5, 5.41) is 0. The largest absolute Gasteiger partial charge is 0.348 e. The molecule has 2 aliphatic rings. The fourth-order valence-corrected chi connectivity index (χ4v) is 5.80. The monoisotopic (exact) mass is 446 g/mol. The molecule has 1 aliphatic heterocycles. The van der Waals surface area contributed by atoms with Crippen molar-refractivity contribution in [2.75, 3.05) is 19.0 Å². The molecule has 0 saturated carbocycles. The second-order valence-electron chi connectivity index (χ2n) is 10.3. The molecule has 31 heavy (non-hydrogen) atoms. The minimum absolute atomic E-state index is 0.203. The second-order valence-corrected chi connectivity index (χ2v) is 10.7. The van der Waals surface area contributed by atoms with E-state index in [0.29, 0.717) is 29.6 Å². The smallest absolute Gasteiger partial charge is 0.115 e. The van der Waals surface area contributed by atoms with Gasteiger partial charge in [-0.3, -0.25) is 0 Å². The molecule has 0 N–H and O–H groups in total. The Bertz CT molecular complexity index is 749. The second kappa shape index (κ2) is 11.1. The summed E-state index contributed by atoms with van der Waals surface area (Å²) < 4.78 is 0. The summed E-state index contributed by atoms with van der Waals surface area (Å²) >= 11 is 6.76. The van der Waals surface area contributed by atoms with Crippen LogP contribution in [-0.2, 0) is 0 Å². The summed E-state index contributed by atoms with van der Waals surface area (Å²) in [4.78, 5) is 5.28. The van der Waals surface area contributed by atoms with Gasteiger partial charge in [-0.15, -0.1) is 11.6 Å². The van der Waals surface area contributed by atoms with Gasteiger partial charge in [0.25, 0.3) is 0 Å². The van der Waals surface area contributed by atoms with Crippen LogP contribution in [0.5, 0.6) is 0 Å². The Morgan fingerprint density at radius 2 is 1.68 bits per heavy atom. The van der Waals surface area contributed by atoms with E-state index in [4.69, 9.17) is 11.6 Å². The lowest BCUT2D eigenvalue weighted by Gasteiger charge is -2.38. The van der Waals surface area contributed by atoms with Gasteiger partial charge < -0.3 is 9.80 Å². The highest BCUT2D eigenvalue weighted by Gasteiger charge is 2.39. The third-order valence-electron chi connectivity index (χ3n) is 7.04. The van der Waals surface area contributed by atoms with E-state index < -0.39 is 0 Å². The fraction of sp³-hybridized carbons (Fsp3) is 0.714. The zero-order chi connectivity index (χ0) is 23.5. The minimum atomic E-state index is 0.203. The number of allylic oxidation sites excluding steroid dienone is 6. The van der Waals surface area contributed by atoms with Crippen LogP contribution in [0.3, 0.4) is 0 Å². The van der Waals surface area contributed by atoms with Crippen molar-refractivity contribution < 1.29 is 0 Å². The summed E-state index contributed by atoms with van der Waals surface area (Å²) in [5.74, 6) is 2.74. The molecule has 1 fully saturated rings. The molecular formula is C28H47ClN2. The van der Waals surface area contributed by atoms with E-state index in [1.807, 2.05) is 0 Å².